The Balaban J connectivity index is 1.89. The minimum atomic E-state index is 0.306. The van der Waals surface area contributed by atoms with Gasteiger partial charge in [-0.05, 0) is 46.1 Å². The van der Waals surface area contributed by atoms with Crippen molar-refractivity contribution in [2.24, 2.45) is 5.41 Å². The summed E-state index contributed by atoms with van der Waals surface area (Å²) in [5, 5.41) is 3.60. The van der Waals surface area contributed by atoms with Gasteiger partial charge in [-0.25, -0.2) is 0 Å². The summed E-state index contributed by atoms with van der Waals surface area (Å²) in [6.45, 7) is 12.2. The van der Waals surface area contributed by atoms with Crippen molar-refractivity contribution in [3.63, 3.8) is 0 Å². The van der Waals surface area contributed by atoms with Crippen molar-refractivity contribution in [2.45, 2.75) is 90.8 Å². The average Bonchev–Trinajstić information content (AvgIpc) is 2.35. The van der Waals surface area contributed by atoms with Gasteiger partial charge in [-0.3, -0.25) is 0 Å². The Labute approximate surface area is 118 Å². The van der Waals surface area contributed by atoms with Crippen molar-refractivity contribution >= 4 is 0 Å². The van der Waals surface area contributed by atoms with Crippen LogP contribution in [0.1, 0.15) is 60.3 Å². The highest BCUT2D eigenvalue weighted by Gasteiger charge is 2.51. The Morgan fingerprint density at radius 3 is 2.32 bits per heavy atom. The van der Waals surface area contributed by atoms with Crippen LogP contribution in [-0.2, 0) is 9.47 Å². The smallest absolute Gasteiger partial charge is 0.0662 e. The molecule has 2 aliphatic rings. The topological polar surface area (TPSA) is 30.5 Å². The zero-order valence-electron chi connectivity index (χ0n) is 13.2. The molecule has 0 spiro atoms. The minimum Gasteiger partial charge on any atom is -0.375 e. The van der Waals surface area contributed by atoms with Crippen LogP contribution in [0.4, 0.5) is 0 Å². The molecule has 3 nitrogen and oxygen atoms in total. The summed E-state index contributed by atoms with van der Waals surface area (Å²) in [4.78, 5) is 0. The summed E-state index contributed by atoms with van der Waals surface area (Å²) in [6, 6.07) is 0.627. The van der Waals surface area contributed by atoms with Crippen molar-refractivity contribution in [3.05, 3.63) is 0 Å². The highest BCUT2D eigenvalue weighted by molar-refractivity contribution is 5.05. The molecule has 0 bridgehead atoms. The second-order valence-corrected chi connectivity index (χ2v) is 6.68. The quantitative estimate of drug-likeness (QED) is 0.832. The fraction of sp³-hybridized carbons (Fsp3) is 1.00. The predicted molar refractivity (Wildman–Crippen MR) is 78.4 cm³/mol. The maximum Gasteiger partial charge on any atom is 0.0662 e. The molecule has 1 saturated heterocycles. The summed E-state index contributed by atoms with van der Waals surface area (Å²) < 4.78 is 12.2. The highest BCUT2D eigenvalue weighted by Crippen LogP contribution is 2.47. The van der Waals surface area contributed by atoms with Crippen molar-refractivity contribution in [2.75, 3.05) is 6.54 Å². The molecule has 2 fully saturated rings. The first-order chi connectivity index (χ1) is 8.99. The molecule has 5 atom stereocenters. The van der Waals surface area contributed by atoms with Crippen LogP contribution in [0.25, 0.3) is 0 Å². The first kappa shape index (κ1) is 15.3. The Hall–Kier alpha value is -0.120. The first-order valence-corrected chi connectivity index (χ1v) is 8.03. The van der Waals surface area contributed by atoms with Gasteiger partial charge in [-0.2, -0.15) is 0 Å². The number of ether oxygens (including phenoxy) is 2. The number of hydrogen-bond acceptors (Lipinski definition) is 3. The van der Waals surface area contributed by atoms with Crippen molar-refractivity contribution < 1.29 is 9.47 Å². The van der Waals surface area contributed by atoms with E-state index in [1.165, 1.54) is 6.42 Å². The van der Waals surface area contributed by atoms with E-state index in [0.717, 1.165) is 25.8 Å². The van der Waals surface area contributed by atoms with Crippen molar-refractivity contribution in [1.82, 2.24) is 5.32 Å². The zero-order valence-corrected chi connectivity index (χ0v) is 13.2. The monoisotopic (exact) mass is 269 g/mol. The molecule has 1 N–H and O–H groups in total. The SMILES string of the molecule is CCNC1CC(OC2CC(C)OC(C)C2)C1(C)CC. The van der Waals surface area contributed by atoms with Crippen LogP contribution in [0.5, 0.6) is 0 Å². The molecule has 1 heterocycles. The van der Waals surface area contributed by atoms with Gasteiger partial charge in [0.2, 0.25) is 0 Å². The van der Waals surface area contributed by atoms with Crippen LogP contribution < -0.4 is 5.32 Å². The van der Waals surface area contributed by atoms with Gasteiger partial charge in [0.25, 0.3) is 0 Å². The van der Waals surface area contributed by atoms with Gasteiger partial charge < -0.3 is 14.8 Å². The third-order valence-corrected chi connectivity index (χ3v) is 5.20. The second-order valence-electron chi connectivity index (χ2n) is 6.68. The van der Waals surface area contributed by atoms with Gasteiger partial charge in [0.05, 0.1) is 24.4 Å². The van der Waals surface area contributed by atoms with Crippen LogP contribution in [0.2, 0.25) is 0 Å². The summed E-state index contributed by atoms with van der Waals surface area (Å²) in [5.41, 5.74) is 0.306. The van der Waals surface area contributed by atoms with Gasteiger partial charge in [0, 0.05) is 11.5 Å². The standard InChI is InChI=1S/C16H31NO2/c1-6-16(5)14(17-7-2)10-15(16)19-13-8-11(3)18-12(4)9-13/h11-15,17H,6-10H2,1-5H3. The van der Waals surface area contributed by atoms with Crippen molar-refractivity contribution in [1.29, 1.82) is 0 Å². The Morgan fingerprint density at radius 2 is 1.79 bits per heavy atom. The lowest BCUT2D eigenvalue weighted by Gasteiger charge is -2.55. The van der Waals surface area contributed by atoms with Crippen LogP contribution in [-0.4, -0.2) is 37.0 Å². The van der Waals surface area contributed by atoms with E-state index in [1.54, 1.807) is 0 Å². The molecule has 0 aromatic carbocycles. The van der Waals surface area contributed by atoms with Gasteiger partial charge in [0.1, 0.15) is 0 Å². The number of hydrogen-bond donors (Lipinski definition) is 1. The molecule has 19 heavy (non-hydrogen) atoms. The van der Waals surface area contributed by atoms with Gasteiger partial charge >= 0.3 is 0 Å². The van der Waals surface area contributed by atoms with Crippen LogP contribution in [0.3, 0.4) is 0 Å². The fourth-order valence-corrected chi connectivity index (χ4v) is 3.75. The molecule has 0 aromatic rings. The van der Waals surface area contributed by atoms with E-state index < -0.39 is 0 Å². The molecule has 1 aliphatic carbocycles. The van der Waals surface area contributed by atoms with Crippen molar-refractivity contribution in [3.8, 4) is 0 Å². The maximum absolute atomic E-state index is 6.43. The molecule has 0 aromatic heterocycles. The van der Waals surface area contributed by atoms with Gasteiger partial charge in [0.15, 0.2) is 0 Å². The van der Waals surface area contributed by atoms with E-state index in [4.69, 9.17) is 9.47 Å². The Morgan fingerprint density at radius 1 is 1.16 bits per heavy atom. The van der Waals surface area contributed by atoms with Crippen LogP contribution >= 0.6 is 0 Å². The van der Waals surface area contributed by atoms with Gasteiger partial charge in [-0.15, -0.1) is 0 Å². The Kier molecular flexibility index (Phi) is 4.91. The molecule has 0 radical (unpaired) electrons. The molecule has 112 valence electrons. The fourth-order valence-electron chi connectivity index (χ4n) is 3.75. The van der Waals surface area contributed by atoms with E-state index in [1.807, 2.05) is 0 Å². The second kappa shape index (κ2) is 6.11. The van der Waals surface area contributed by atoms with E-state index in [2.05, 4.69) is 39.9 Å². The third kappa shape index (κ3) is 3.14. The molecule has 2 rings (SSSR count). The zero-order chi connectivity index (χ0) is 14.0. The molecule has 5 unspecified atom stereocenters. The van der Waals surface area contributed by atoms with Crippen LogP contribution in [0.15, 0.2) is 0 Å². The van der Waals surface area contributed by atoms with E-state index in [9.17, 15) is 0 Å². The molecule has 0 amide bonds. The van der Waals surface area contributed by atoms with Crippen LogP contribution in [0, 0.1) is 5.41 Å². The summed E-state index contributed by atoms with van der Waals surface area (Å²) in [6.07, 6.45) is 5.93. The highest BCUT2D eigenvalue weighted by atomic mass is 16.5. The molecule has 1 aliphatic heterocycles. The first-order valence-electron chi connectivity index (χ1n) is 8.03. The lowest BCUT2D eigenvalue weighted by molar-refractivity contribution is -0.189. The lowest BCUT2D eigenvalue weighted by atomic mass is 9.61. The van der Waals surface area contributed by atoms with E-state index in [0.29, 0.717) is 35.9 Å². The molecule has 1 saturated carbocycles. The normalized spacial score (nSPS) is 46.9. The van der Waals surface area contributed by atoms with E-state index in [-0.39, 0.29) is 0 Å². The van der Waals surface area contributed by atoms with E-state index >= 15 is 0 Å². The largest absolute Gasteiger partial charge is 0.375 e. The number of rotatable bonds is 5. The molecular formula is C16H31NO2. The predicted octanol–water partition coefficient (Wildman–Crippen LogP) is 3.13. The Bertz CT molecular complexity index is 286. The third-order valence-electron chi connectivity index (χ3n) is 5.20. The minimum absolute atomic E-state index is 0.306. The van der Waals surface area contributed by atoms with Gasteiger partial charge in [-0.1, -0.05) is 20.8 Å². The number of nitrogens with one attached hydrogen (secondary N) is 1. The summed E-state index contributed by atoms with van der Waals surface area (Å²) in [5.74, 6) is 0. The lowest BCUT2D eigenvalue weighted by Crippen LogP contribution is -2.63. The maximum atomic E-state index is 6.43. The summed E-state index contributed by atoms with van der Waals surface area (Å²) in [7, 11) is 0. The summed E-state index contributed by atoms with van der Waals surface area (Å²) >= 11 is 0. The average molecular weight is 269 g/mol. The molecule has 3 heteroatoms. The molecular weight excluding hydrogens is 238 g/mol.